The van der Waals surface area contributed by atoms with E-state index in [9.17, 15) is 24.6 Å². The first-order valence-electron chi connectivity index (χ1n) is 6.34. The van der Waals surface area contributed by atoms with Crippen LogP contribution in [0, 0.1) is 10.8 Å². The Labute approximate surface area is 117 Å². The molecule has 6 heteroatoms. The van der Waals surface area contributed by atoms with Crippen LogP contribution in [0.3, 0.4) is 0 Å². The summed E-state index contributed by atoms with van der Waals surface area (Å²) in [4.78, 5) is 35.1. The molecular weight excluding hydrogens is 262 g/mol. The zero-order valence-electron chi connectivity index (χ0n) is 12.2. The topological polar surface area (TPSA) is 118 Å². The molecule has 0 fully saturated rings. The Morgan fingerprint density at radius 2 is 1.70 bits per heavy atom. The molecule has 4 N–H and O–H groups in total. The van der Waals surface area contributed by atoms with E-state index in [2.05, 4.69) is 0 Å². The zero-order valence-corrected chi connectivity index (χ0v) is 12.2. The van der Waals surface area contributed by atoms with E-state index in [0.29, 0.717) is 0 Å². The van der Waals surface area contributed by atoms with Gasteiger partial charge < -0.3 is 15.9 Å². The Bertz CT molecular complexity index is 502. The molecule has 2 atom stereocenters. The van der Waals surface area contributed by atoms with Crippen molar-refractivity contribution in [3.05, 3.63) is 11.6 Å². The molecule has 0 aromatic heterocycles. The normalized spacial score (nSPS) is 30.6. The average Bonchev–Trinajstić information content (AvgIpc) is 2.25. The molecule has 0 radical (unpaired) electrons. The lowest BCUT2D eigenvalue weighted by atomic mass is 9.66. The third-order valence-corrected chi connectivity index (χ3v) is 3.57. The fourth-order valence-corrected chi connectivity index (χ4v) is 2.46. The molecule has 1 unspecified atom stereocenters. The van der Waals surface area contributed by atoms with Gasteiger partial charge in [0.05, 0.1) is 5.41 Å². The summed E-state index contributed by atoms with van der Waals surface area (Å²) in [5, 5.41) is 18.6. The number of Topliss-reactive ketones (excluding diaryl/α,β-unsaturated/α-hetero) is 1. The maximum absolute atomic E-state index is 12.3. The third-order valence-electron chi connectivity index (χ3n) is 3.57. The van der Waals surface area contributed by atoms with Gasteiger partial charge in [0, 0.05) is 11.8 Å². The molecule has 0 amide bonds. The molecule has 0 aromatic rings. The number of hydrogen-bond donors (Lipinski definition) is 3. The predicted octanol–water partition coefficient (Wildman–Crippen LogP) is 1.19. The van der Waals surface area contributed by atoms with Crippen molar-refractivity contribution in [3.8, 4) is 0 Å². The van der Waals surface area contributed by atoms with Crippen LogP contribution in [-0.4, -0.2) is 33.5 Å². The first kappa shape index (κ1) is 16.4. The third kappa shape index (κ3) is 2.90. The van der Waals surface area contributed by atoms with Crippen LogP contribution in [0.5, 0.6) is 0 Å². The van der Waals surface area contributed by atoms with Crippen LogP contribution in [0.15, 0.2) is 11.6 Å². The fraction of sp³-hybridized carbons (Fsp3) is 0.643. The molecular formula is C14H21NO5. The molecule has 0 saturated heterocycles. The van der Waals surface area contributed by atoms with Crippen LogP contribution in [0.4, 0.5) is 0 Å². The van der Waals surface area contributed by atoms with Crippen molar-refractivity contribution in [1.82, 2.24) is 0 Å². The second-order valence-corrected chi connectivity index (χ2v) is 6.79. The van der Waals surface area contributed by atoms with Crippen LogP contribution >= 0.6 is 0 Å². The number of carbonyl (C=O) groups is 3. The summed E-state index contributed by atoms with van der Waals surface area (Å²) in [5.74, 6) is -2.76. The summed E-state index contributed by atoms with van der Waals surface area (Å²) in [7, 11) is 0. The first-order valence-corrected chi connectivity index (χ1v) is 6.34. The van der Waals surface area contributed by atoms with Crippen LogP contribution in [0.25, 0.3) is 0 Å². The van der Waals surface area contributed by atoms with E-state index in [1.54, 1.807) is 20.8 Å². The van der Waals surface area contributed by atoms with Crippen molar-refractivity contribution in [3.63, 3.8) is 0 Å². The van der Waals surface area contributed by atoms with Crippen molar-refractivity contribution in [2.45, 2.75) is 46.1 Å². The number of aliphatic carboxylic acids is 2. The van der Waals surface area contributed by atoms with E-state index < -0.39 is 28.3 Å². The minimum Gasteiger partial charge on any atom is -0.481 e. The van der Waals surface area contributed by atoms with Crippen LogP contribution < -0.4 is 5.73 Å². The summed E-state index contributed by atoms with van der Waals surface area (Å²) < 4.78 is 0. The lowest BCUT2D eigenvalue weighted by Gasteiger charge is -2.38. The molecule has 0 aliphatic heterocycles. The molecule has 0 bridgehead atoms. The number of carboxylic acids is 2. The molecule has 1 aliphatic rings. The highest BCUT2D eigenvalue weighted by Crippen LogP contribution is 2.41. The standard InChI is InChI=1S/C14H21NO5/c1-12(2,3)9(16)8-5-13(4,10(17)18)7-14(15,6-8)11(19)20/h5H,6-7,15H2,1-4H3,(H,17,18)(H,19,20)/t13-,14?/m1/s1. The quantitative estimate of drug-likeness (QED) is 0.716. The maximum Gasteiger partial charge on any atom is 0.324 e. The van der Waals surface area contributed by atoms with Crippen molar-refractivity contribution in [1.29, 1.82) is 0 Å². The summed E-state index contributed by atoms with van der Waals surface area (Å²) in [6, 6.07) is 0. The molecule has 0 heterocycles. The second kappa shape index (κ2) is 4.70. The van der Waals surface area contributed by atoms with E-state index in [1.165, 1.54) is 13.0 Å². The van der Waals surface area contributed by atoms with Gasteiger partial charge in [0.1, 0.15) is 5.54 Å². The molecule has 0 saturated carbocycles. The van der Waals surface area contributed by atoms with Gasteiger partial charge in [-0.3, -0.25) is 14.4 Å². The molecule has 112 valence electrons. The number of carboxylic acid groups (broad SMARTS) is 2. The van der Waals surface area contributed by atoms with Gasteiger partial charge in [-0.05, 0) is 18.9 Å². The van der Waals surface area contributed by atoms with Crippen LogP contribution in [0.2, 0.25) is 0 Å². The van der Waals surface area contributed by atoms with Gasteiger partial charge in [-0.2, -0.15) is 0 Å². The van der Waals surface area contributed by atoms with Gasteiger partial charge in [0.25, 0.3) is 0 Å². The Morgan fingerprint density at radius 1 is 1.20 bits per heavy atom. The van der Waals surface area contributed by atoms with Gasteiger partial charge in [0.15, 0.2) is 5.78 Å². The van der Waals surface area contributed by atoms with E-state index in [4.69, 9.17) is 5.73 Å². The number of ketones is 1. The molecule has 20 heavy (non-hydrogen) atoms. The highest BCUT2D eigenvalue weighted by molar-refractivity contribution is 6.01. The van der Waals surface area contributed by atoms with E-state index in [1.807, 2.05) is 0 Å². The van der Waals surface area contributed by atoms with Crippen LogP contribution in [0.1, 0.15) is 40.5 Å². The largest absolute Gasteiger partial charge is 0.481 e. The zero-order chi connectivity index (χ0) is 15.9. The van der Waals surface area contributed by atoms with Gasteiger partial charge in [-0.25, -0.2) is 0 Å². The van der Waals surface area contributed by atoms with Gasteiger partial charge >= 0.3 is 11.9 Å². The van der Waals surface area contributed by atoms with Crippen molar-refractivity contribution in [2.75, 3.05) is 0 Å². The van der Waals surface area contributed by atoms with Crippen molar-refractivity contribution in [2.24, 2.45) is 16.6 Å². The number of nitrogens with two attached hydrogens (primary N) is 1. The molecule has 6 nitrogen and oxygen atoms in total. The lowest BCUT2D eigenvalue weighted by molar-refractivity contribution is -0.150. The summed E-state index contributed by atoms with van der Waals surface area (Å²) in [5.41, 5.74) is 2.10. The Kier molecular flexibility index (Phi) is 3.84. The summed E-state index contributed by atoms with van der Waals surface area (Å²) in [6.07, 6.45) is 0.962. The Balaban J connectivity index is 3.36. The minimum absolute atomic E-state index is 0.151. The molecule has 1 aliphatic carbocycles. The summed E-state index contributed by atoms with van der Waals surface area (Å²) in [6.45, 7) is 6.47. The highest BCUT2D eigenvalue weighted by atomic mass is 16.4. The average molecular weight is 283 g/mol. The van der Waals surface area contributed by atoms with Gasteiger partial charge in [-0.15, -0.1) is 0 Å². The van der Waals surface area contributed by atoms with E-state index >= 15 is 0 Å². The molecule has 1 rings (SSSR count). The SMILES string of the molecule is CC(C)(C)C(=O)C1=C[C@@](C)(C(=O)O)CC(N)(C(=O)O)C1. The monoisotopic (exact) mass is 283 g/mol. The number of hydrogen-bond acceptors (Lipinski definition) is 4. The van der Waals surface area contributed by atoms with Crippen molar-refractivity contribution < 1.29 is 24.6 Å². The predicted molar refractivity (Wildman–Crippen MR) is 72.1 cm³/mol. The smallest absolute Gasteiger partial charge is 0.324 e. The highest BCUT2D eigenvalue weighted by Gasteiger charge is 2.50. The van der Waals surface area contributed by atoms with Gasteiger partial charge in [-0.1, -0.05) is 26.8 Å². The lowest BCUT2D eigenvalue weighted by Crippen LogP contribution is -2.55. The van der Waals surface area contributed by atoms with Gasteiger partial charge in [0.2, 0.25) is 0 Å². The Hall–Kier alpha value is -1.69. The number of rotatable bonds is 3. The first-order chi connectivity index (χ1) is 8.82. The molecule has 0 aromatic carbocycles. The molecule has 0 spiro atoms. The van der Waals surface area contributed by atoms with E-state index in [-0.39, 0.29) is 24.2 Å². The Morgan fingerprint density at radius 3 is 2.05 bits per heavy atom. The van der Waals surface area contributed by atoms with E-state index in [0.717, 1.165) is 0 Å². The number of carbonyl (C=O) groups excluding carboxylic acids is 1. The van der Waals surface area contributed by atoms with Crippen molar-refractivity contribution >= 4 is 17.7 Å². The minimum atomic E-state index is -1.74. The maximum atomic E-state index is 12.3. The fourth-order valence-electron chi connectivity index (χ4n) is 2.46. The summed E-state index contributed by atoms with van der Waals surface area (Å²) >= 11 is 0. The second-order valence-electron chi connectivity index (χ2n) is 6.79. The van der Waals surface area contributed by atoms with Crippen LogP contribution in [-0.2, 0) is 14.4 Å².